The number of ether oxygens (including phenoxy) is 1. The van der Waals surface area contributed by atoms with E-state index in [-0.39, 0.29) is 36.4 Å². The maximum Gasteiger partial charge on any atom is 0.409 e. The minimum absolute atomic E-state index is 0.0917. The number of primary amides is 1. The number of nitrogens with two attached hydrogens (primary N) is 1. The SMILES string of the molecule is CCC(C)[C@H](NCCc1ccccc1F)C(=O)N[C@@]1(OC(=O)NC(C(N)=O)[C@@H](C)CC)CCc2[nH]c3c(Cl)cc(Cl)cc3c2C1. The largest absolute Gasteiger partial charge is 0.423 e. The molecule has 2 aromatic carbocycles. The average Bonchev–Trinajstić information content (AvgIpc) is 3.35. The van der Waals surface area contributed by atoms with Crippen LogP contribution in [0.25, 0.3) is 10.9 Å². The molecule has 0 bridgehead atoms. The fourth-order valence-corrected chi connectivity index (χ4v) is 6.42. The highest BCUT2D eigenvalue weighted by atomic mass is 35.5. The lowest BCUT2D eigenvalue weighted by Gasteiger charge is -2.39. The van der Waals surface area contributed by atoms with E-state index in [1.54, 1.807) is 30.3 Å². The van der Waals surface area contributed by atoms with Crippen LogP contribution >= 0.6 is 23.2 Å². The number of aromatic amines is 1. The predicted octanol–water partition coefficient (Wildman–Crippen LogP) is 5.79. The van der Waals surface area contributed by atoms with Gasteiger partial charge in [0.05, 0.1) is 16.6 Å². The molecule has 45 heavy (non-hydrogen) atoms. The Labute approximate surface area is 273 Å². The normalized spacial score (nSPS) is 18.8. The summed E-state index contributed by atoms with van der Waals surface area (Å²) in [6.07, 6.45) is 1.64. The molecule has 244 valence electrons. The molecule has 3 aromatic rings. The van der Waals surface area contributed by atoms with Gasteiger partial charge in [-0.1, -0.05) is 81.9 Å². The molecule has 0 aliphatic heterocycles. The predicted molar refractivity (Wildman–Crippen MR) is 175 cm³/mol. The Morgan fingerprint density at radius 2 is 1.78 bits per heavy atom. The lowest BCUT2D eigenvalue weighted by molar-refractivity contribution is -0.133. The highest BCUT2D eigenvalue weighted by Gasteiger charge is 2.43. The Bertz CT molecular complexity index is 1550. The van der Waals surface area contributed by atoms with Crippen molar-refractivity contribution < 1.29 is 23.5 Å². The molecule has 0 fully saturated rings. The van der Waals surface area contributed by atoms with Crippen molar-refractivity contribution in [1.82, 2.24) is 20.9 Å². The molecule has 0 saturated heterocycles. The van der Waals surface area contributed by atoms with Crippen LogP contribution in [0.1, 0.15) is 63.8 Å². The smallest absolute Gasteiger partial charge is 0.409 e. The highest BCUT2D eigenvalue weighted by molar-refractivity contribution is 6.38. The van der Waals surface area contributed by atoms with Crippen LogP contribution in [-0.2, 0) is 33.6 Å². The molecule has 0 radical (unpaired) electrons. The molecule has 9 nitrogen and oxygen atoms in total. The molecule has 0 spiro atoms. The third-order valence-corrected chi connectivity index (χ3v) is 9.42. The van der Waals surface area contributed by atoms with Gasteiger partial charge < -0.3 is 31.4 Å². The van der Waals surface area contributed by atoms with Gasteiger partial charge in [0.1, 0.15) is 11.9 Å². The number of hydrogen-bond donors (Lipinski definition) is 5. The van der Waals surface area contributed by atoms with E-state index in [4.69, 9.17) is 33.7 Å². The van der Waals surface area contributed by atoms with Crippen LogP contribution in [0.5, 0.6) is 0 Å². The number of carbonyl (C=O) groups is 3. The van der Waals surface area contributed by atoms with Crippen LogP contribution in [0.15, 0.2) is 36.4 Å². The third kappa shape index (κ3) is 8.09. The monoisotopic (exact) mass is 661 g/mol. The van der Waals surface area contributed by atoms with Gasteiger partial charge in [-0.25, -0.2) is 9.18 Å². The molecular weight excluding hydrogens is 620 g/mol. The van der Waals surface area contributed by atoms with Gasteiger partial charge in [-0.2, -0.15) is 0 Å². The summed E-state index contributed by atoms with van der Waals surface area (Å²) < 4.78 is 20.3. The van der Waals surface area contributed by atoms with Crippen LogP contribution in [0, 0.1) is 17.7 Å². The maximum atomic E-state index is 14.2. The quantitative estimate of drug-likeness (QED) is 0.148. The first kappa shape index (κ1) is 34.5. The van der Waals surface area contributed by atoms with E-state index in [1.165, 1.54) is 6.07 Å². The van der Waals surface area contributed by atoms with Gasteiger partial charge in [-0.05, 0) is 54.0 Å². The number of alkyl carbamates (subject to hydrolysis) is 1. The average molecular weight is 663 g/mol. The van der Waals surface area contributed by atoms with Gasteiger partial charge in [-0.3, -0.25) is 9.59 Å². The summed E-state index contributed by atoms with van der Waals surface area (Å²) in [5.74, 6) is -1.66. The minimum atomic E-state index is -1.46. The van der Waals surface area contributed by atoms with Gasteiger partial charge in [0, 0.05) is 35.5 Å². The first-order chi connectivity index (χ1) is 21.4. The molecule has 3 amide bonds. The summed E-state index contributed by atoms with van der Waals surface area (Å²) in [5, 5.41) is 10.6. The second-order valence-electron chi connectivity index (χ2n) is 12.0. The van der Waals surface area contributed by atoms with E-state index in [0.29, 0.717) is 53.4 Å². The molecule has 1 aromatic heterocycles. The number of carbonyl (C=O) groups excluding carboxylic acids is 3. The van der Waals surface area contributed by atoms with Gasteiger partial charge >= 0.3 is 6.09 Å². The molecule has 12 heteroatoms. The zero-order chi connectivity index (χ0) is 32.9. The van der Waals surface area contributed by atoms with E-state index >= 15 is 0 Å². The van der Waals surface area contributed by atoms with Crippen molar-refractivity contribution in [1.29, 1.82) is 0 Å². The van der Waals surface area contributed by atoms with E-state index in [9.17, 15) is 18.8 Å². The van der Waals surface area contributed by atoms with E-state index in [2.05, 4.69) is 20.9 Å². The van der Waals surface area contributed by atoms with Crippen LogP contribution in [0.4, 0.5) is 9.18 Å². The number of benzene rings is 2. The summed E-state index contributed by atoms with van der Waals surface area (Å²) in [6.45, 7) is 7.99. The zero-order valence-corrected chi connectivity index (χ0v) is 27.6. The van der Waals surface area contributed by atoms with Crippen LogP contribution in [0.3, 0.4) is 0 Å². The Kier molecular flexibility index (Phi) is 11.4. The standard InChI is InChI=1S/C33H42Cl2FN5O4/c1-5-18(3)27(30(37)42)40-32(44)45-33(13-11-26-23(17-33)22-15-21(34)16-24(35)29(22)39-26)41-31(43)28(19(4)6-2)38-14-12-20-9-7-8-10-25(20)36/h7-10,15-16,18-19,27-28,38-39H,5-6,11-14,17H2,1-4H3,(H2,37,42)(H,40,44)(H,41,43)/t18-,19?,27?,28-,33+/m0/s1. The Morgan fingerprint density at radius 3 is 2.44 bits per heavy atom. The van der Waals surface area contributed by atoms with Gasteiger partial charge in [0.15, 0.2) is 5.72 Å². The lowest BCUT2D eigenvalue weighted by Crippen LogP contribution is -2.62. The second-order valence-corrected chi connectivity index (χ2v) is 12.9. The molecule has 1 aliphatic rings. The third-order valence-electron chi connectivity index (χ3n) is 8.91. The summed E-state index contributed by atoms with van der Waals surface area (Å²) in [6, 6.07) is 8.36. The van der Waals surface area contributed by atoms with E-state index in [0.717, 1.165) is 16.6 Å². The topological polar surface area (TPSA) is 138 Å². The number of nitrogens with one attached hydrogen (secondary N) is 4. The summed E-state index contributed by atoms with van der Waals surface area (Å²) in [5.41, 5.74) is 7.10. The van der Waals surface area contributed by atoms with Gasteiger partial charge in [0.25, 0.3) is 0 Å². The summed E-state index contributed by atoms with van der Waals surface area (Å²) in [4.78, 5) is 42.9. The maximum absolute atomic E-state index is 14.2. The number of hydrogen-bond acceptors (Lipinski definition) is 5. The van der Waals surface area contributed by atoms with Crippen LogP contribution in [0.2, 0.25) is 10.0 Å². The molecule has 1 aliphatic carbocycles. The molecular formula is C33H42Cl2FN5O4. The fourth-order valence-electron chi connectivity index (χ4n) is 5.88. The molecule has 0 saturated carbocycles. The zero-order valence-electron chi connectivity index (χ0n) is 26.1. The van der Waals surface area contributed by atoms with Crippen molar-refractivity contribution in [2.45, 2.75) is 84.0 Å². The van der Waals surface area contributed by atoms with Crippen LogP contribution in [-0.4, -0.2) is 47.2 Å². The number of aryl methyl sites for hydroxylation is 1. The molecule has 5 atom stereocenters. The number of amides is 3. The fraction of sp³-hybridized carbons (Fsp3) is 0.485. The van der Waals surface area contributed by atoms with Crippen LogP contribution < -0.4 is 21.7 Å². The Hall–Kier alpha value is -3.34. The Balaban J connectivity index is 1.63. The van der Waals surface area contributed by atoms with Crippen molar-refractivity contribution >= 4 is 52.0 Å². The van der Waals surface area contributed by atoms with Crippen molar-refractivity contribution in [3.05, 3.63) is 69.1 Å². The summed E-state index contributed by atoms with van der Waals surface area (Å²) in [7, 11) is 0. The number of rotatable bonds is 13. The van der Waals surface area contributed by atoms with E-state index < -0.39 is 29.8 Å². The first-order valence-corrected chi connectivity index (χ1v) is 16.2. The first-order valence-electron chi connectivity index (χ1n) is 15.4. The lowest BCUT2D eigenvalue weighted by atomic mass is 9.87. The number of halogens is 3. The number of aromatic nitrogens is 1. The van der Waals surface area contributed by atoms with Gasteiger partial charge in [0.2, 0.25) is 11.8 Å². The van der Waals surface area contributed by atoms with Crippen molar-refractivity contribution in [3.63, 3.8) is 0 Å². The summed E-state index contributed by atoms with van der Waals surface area (Å²) >= 11 is 12.8. The minimum Gasteiger partial charge on any atom is -0.423 e. The second kappa shape index (κ2) is 14.8. The van der Waals surface area contributed by atoms with Crippen molar-refractivity contribution in [2.24, 2.45) is 17.6 Å². The number of fused-ring (bicyclic) bond motifs is 3. The molecule has 2 unspecified atom stereocenters. The number of H-pyrrole nitrogens is 1. The molecule has 1 heterocycles. The van der Waals surface area contributed by atoms with Crippen molar-refractivity contribution in [2.75, 3.05) is 6.54 Å². The highest BCUT2D eigenvalue weighted by Crippen LogP contribution is 2.38. The molecule has 6 N–H and O–H groups in total. The van der Waals surface area contributed by atoms with Crippen molar-refractivity contribution in [3.8, 4) is 0 Å². The van der Waals surface area contributed by atoms with Gasteiger partial charge in [-0.15, -0.1) is 0 Å². The molecule has 4 rings (SSSR count). The van der Waals surface area contributed by atoms with E-state index in [1.807, 2.05) is 27.7 Å². The Morgan fingerprint density at radius 1 is 1.09 bits per heavy atom.